The van der Waals surface area contributed by atoms with Crippen LogP contribution in [0.5, 0.6) is 0 Å². The van der Waals surface area contributed by atoms with Crippen molar-refractivity contribution in [2.24, 2.45) is 0 Å². The molecule has 0 amide bonds. The first kappa shape index (κ1) is 14.0. The molecule has 18 heavy (non-hydrogen) atoms. The zero-order valence-electron chi connectivity index (χ0n) is 8.88. The molecular formula is C10H8F2N2O4. The molecule has 2 N–H and O–H groups in total. The van der Waals surface area contributed by atoms with Gasteiger partial charge >= 0.3 is 5.69 Å². The van der Waals surface area contributed by atoms with Crippen LogP contribution in [0, 0.1) is 33.1 Å². The van der Waals surface area contributed by atoms with E-state index in [0.717, 1.165) is 0 Å². The number of aliphatic hydroxyl groups excluding tert-OH is 2. The number of nitro groups is 1. The predicted octanol–water partition coefficient (Wildman–Crippen LogP) is 1.18. The van der Waals surface area contributed by atoms with Crippen LogP contribution in [0.25, 0.3) is 0 Å². The van der Waals surface area contributed by atoms with Crippen molar-refractivity contribution < 1.29 is 23.9 Å². The third-order valence-corrected chi connectivity index (χ3v) is 2.25. The minimum absolute atomic E-state index is 0.312. The van der Waals surface area contributed by atoms with Gasteiger partial charge in [0.15, 0.2) is 0 Å². The lowest BCUT2D eigenvalue weighted by atomic mass is 10.0. The smallest absolute Gasteiger partial charge is 0.307 e. The average Bonchev–Trinajstić information content (AvgIpc) is 2.30. The van der Waals surface area contributed by atoms with Gasteiger partial charge in [0.2, 0.25) is 5.82 Å². The molecule has 8 heteroatoms. The van der Waals surface area contributed by atoms with Crippen LogP contribution >= 0.6 is 0 Å². The van der Waals surface area contributed by atoms with Gasteiger partial charge in [-0.1, -0.05) is 0 Å². The molecule has 0 radical (unpaired) electrons. The molecule has 1 rings (SSSR count). The normalized spacial score (nSPS) is 13.7. The molecule has 1 aromatic carbocycles. The molecule has 1 aromatic rings. The zero-order chi connectivity index (χ0) is 13.9. The number of nitrogens with zero attached hydrogens (tertiary/aromatic N) is 2. The topological polar surface area (TPSA) is 107 Å². The Morgan fingerprint density at radius 3 is 2.50 bits per heavy atom. The molecule has 0 bridgehead atoms. The van der Waals surface area contributed by atoms with Crippen LogP contribution in [0.15, 0.2) is 12.1 Å². The Morgan fingerprint density at radius 1 is 1.39 bits per heavy atom. The lowest BCUT2D eigenvalue weighted by Crippen LogP contribution is -2.19. The van der Waals surface area contributed by atoms with E-state index in [1.165, 1.54) is 0 Å². The molecule has 0 aliphatic rings. The number of benzene rings is 1. The van der Waals surface area contributed by atoms with Gasteiger partial charge in [0.1, 0.15) is 11.9 Å². The summed E-state index contributed by atoms with van der Waals surface area (Å²) in [6.07, 6.45) is -3.93. The summed E-state index contributed by atoms with van der Waals surface area (Å²) in [5.74, 6) is -2.56. The summed E-state index contributed by atoms with van der Waals surface area (Å²) in [4.78, 5) is 9.22. The van der Waals surface area contributed by atoms with Gasteiger partial charge in [-0.3, -0.25) is 10.1 Å². The summed E-state index contributed by atoms with van der Waals surface area (Å²) in [6, 6.07) is 2.29. The highest BCUT2D eigenvalue weighted by molar-refractivity contribution is 5.37. The van der Waals surface area contributed by atoms with E-state index in [9.17, 15) is 29.1 Å². The van der Waals surface area contributed by atoms with E-state index in [1.54, 1.807) is 6.07 Å². The second-order valence-corrected chi connectivity index (χ2v) is 3.46. The van der Waals surface area contributed by atoms with Gasteiger partial charge in [-0.05, 0) is 6.07 Å². The van der Waals surface area contributed by atoms with Gasteiger partial charge in [-0.15, -0.1) is 0 Å². The molecule has 0 aliphatic carbocycles. The molecule has 2 unspecified atom stereocenters. The standard InChI is InChI=1S/C10H8F2N2O4/c11-6-4-8(14(17)18)7(12)3-5(6)10(16)9(15)1-2-13/h3-4,9-10,15-16H,1H2. The van der Waals surface area contributed by atoms with E-state index in [1.807, 2.05) is 0 Å². The maximum atomic E-state index is 13.4. The number of aliphatic hydroxyl groups is 2. The highest BCUT2D eigenvalue weighted by Gasteiger charge is 2.26. The maximum absolute atomic E-state index is 13.4. The first-order valence-corrected chi connectivity index (χ1v) is 4.75. The fraction of sp³-hybridized carbons (Fsp3) is 0.300. The minimum atomic E-state index is -1.83. The monoisotopic (exact) mass is 258 g/mol. The molecule has 6 nitrogen and oxygen atoms in total. The summed E-state index contributed by atoms with van der Waals surface area (Å²) in [6.45, 7) is 0. The molecule has 0 saturated carbocycles. The Bertz CT molecular complexity index is 515. The summed E-state index contributed by atoms with van der Waals surface area (Å²) in [5.41, 5.74) is -1.71. The van der Waals surface area contributed by atoms with Crippen LogP contribution in [0.2, 0.25) is 0 Å². The molecule has 96 valence electrons. The van der Waals surface area contributed by atoms with Crippen molar-refractivity contribution in [3.63, 3.8) is 0 Å². The van der Waals surface area contributed by atoms with Crippen LogP contribution in [-0.2, 0) is 0 Å². The fourth-order valence-corrected chi connectivity index (χ4v) is 1.33. The van der Waals surface area contributed by atoms with Gasteiger partial charge in [-0.2, -0.15) is 9.65 Å². The first-order chi connectivity index (χ1) is 8.38. The Morgan fingerprint density at radius 2 is 2.00 bits per heavy atom. The van der Waals surface area contributed by atoms with Crippen LogP contribution in [0.4, 0.5) is 14.5 Å². The number of nitro benzene ring substituents is 1. The quantitative estimate of drug-likeness (QED) is 0.622. The summed E-state index contributed by atoms with van der Waals surface area (Å²) < 4.78 is 26.6. The van der Waals surface area contributed by atoms with Gasteiger partial charge in [0.05, 0.1) is 29.6 Å². The lowest BCUT2D eigenvalue weighted by Gasteiger charge is -2.16. The fourth-order valence-electron chi connectivity index (χ4n) is 1.33. The van der Waals surface area contributed by atoms with Crippen molar-refractivity contribution in [2.45, 2.75) is 18.6 Å². The number of halogens is 2. The van der Waals surface area contributed by atoms with E-state index in [0.29, 0.717) is 12.1 Å². The van der Waals surface area contributed by atoms with Crippen molar-refractivity contribution >= 4 is 5.69 Å². The van der Waals surface area contributed by atoms with E-state index in [-0.39, 0.29) is 0 Å². The highest BCUT2D eigenvalue weighted by atomic mass is 19.1. The van der Waals surface area contributed by atoms with E-state index < -0.39 is 46.4 Å². The summed E-state index contributed by atoms with van der Waals surface area (Å²) >= 11 is 0. The third-order valence-electron chi connectivity index (χ3n) is 2.25. The molecule has 0 spiro atoms. The van der Waals surface area contributed by atoms with Gasteiger partial charge in [0.25, 0.3) is 0 Å². The Balaban J connectivity index is 3.16. The van der Waals surface area contributed by atoms with E-state index in [2.05, 4.69) is 0 Å². The Hall–Kier alpha value is -2.11. The van der Waals surface area contributed by atoms with Crippen LogP contribution in [-0.4, -0.2) is 21.2 Å². The molecule has 0 aliphatic heterocycles. The maximum Gasteiger partial charge on any atom is 0.307 e. The van der Waals surface area contributed by atoms with Gasteiger partial charge < -0.3 is 10.2 Å². The number of rotatable bonds is 4. The van der Waals surface area contributed by atoms with Crippen LogP contribution in [0.3, 0.4) is 0 Å². The number of nitriles is 1. The third kappa shape index (κ3) is 2.77. The second-order valence-electron chi connectivity index (χ2n) is 3.46. The van der Waals surface area contributed by atoms with Gasteiger partial charge in [0, 0.05) is 5.56 Å². The average molecular weight is 258 g/mol. The van der Waals surface area contributed by atoms with E-state index in [4.69, 9.17) is 5.26 Å². The number of hydrogen-bond acceptors (Lipinski definition) is 5. The molecule has 0 fully saturated rings. The van der Waals surface area contributed by atoms with Crippen molar-refractivity contribution in [3.05, 3.63) is 39.4 Å². The highest BCUT2D eigenvalue weighted by Crippen LogP contribution is 2.27. The molecule has 2 atom stereocenters. The molecular weight excluding hydrogens is 250 g/mol. The Labute approximate surface area is 99.9 Å². The second kappa shape index (κ2) is 5.48. The van der Waals surface area contributed by atoms with Crippen molar-refractivity contribution in [3.8, 4) is 6.07 Å². The van der Waals surface area contributed by atoms with E-state index >= 15 is 0 Å². The molecule has 0 aromatic heterocycles. The Kier molecular flexibility index (Phi) is 4.25. The largest absolute Gasteiger partial charge is 0.389 e. The van der Waals surface area contributed by atoms with Crippen molar-refractivity contribution in [1.82, 2.24) is 0 Å². The lowest BCUT2D eigenvalue weighted by molar-refractivity contribution is -0.387. The van der Waals surface area contributed by atoms with Crippen molar-refractivity contribution in [2.75, 3.05) is 0 Å². The first-order valence-electron chi connectivity index (χ1n) is 4.75. The zero-order valence-corrected chi connectivity index (χ0v) is 8.88. The SMILES string of the molecule is N#CCC(O)C(O)c1cc(F)c([N+](=O)[O-])cc1F. The molecule has 0 saturated heterocycles. The van der Waals surface area contributed by atoms with Crippen LogP contribution < -0.4 is 0 Å². The minimum Gasteiger partial charge on any atom is -0.389 e. The van der Waals surface area contributed by atoms with Crippen LogP contribution in [0.1, 0.15) is 18.1 Å². The van der Waals surface area contributed by atoms with Crippen molar-refractivity contribution in [1.29, 1.82) is 5.26 Å². The molecule has 0 heterocycles. The predicted molar refractivity (Wildman–Crippen MR) is 54.2 cm³/mol. The van der Waals surface area contributed by atoms with Gasteiger partial charge in [-0.25, -0.2) is 4.39 Å². The summed E-state index contributed by atoms with van der Waals surface area (Å²) in [7, 11) is 0. The number of hydrogen-bond donors (Lipinski definition) is 2. The summed E-state index contributed by atoms with van der Waals surface area (Å²) in [5, 5.41) is 37.4.